The number of carbonyl (C=O) groups is 1. The molecule has 0 aliphatic heterocycles. The van der Waals surface area contributed by atoms with E-state index >= 15 is 0 Å². The Bertz CT molecular complexity index is 724. The second kappa shape index (κ2) is 7.13. The third-order valence-corrected chi connectivity index (χ3v) is 3.20. The highest BCUT2D eigenvalue weighted by molar-refractivity contribution is 5.75. The van der Waals surface area contributed by atoms with E-state index in [1.54, 1.807) is 0 Å². The summed E-state index contributed by atoms with van der Waals surface area (Å²) >= 11 is 0. The lowest BCUT2D eigenvalue weighted by molar-refractivity contribution is -0.138. The first-order valence-electron chi connectivity index (χ1n) is 6.94. The summed E-state index contributed by atoms with van der Waals surface area (Å²) < 4.78 is 38.6. The molecule has 23 heavy (non-hydrogen) atoms. The number of nitrogens with zero attached hydrogens (tertiary/aromatic N) is 1. The zero-order valence-electron chi connectivity index (χ0n) is 12.1. The first-order valence-corrected chi connectivity index (χ1v) is 6.94. The summed E-state index contributed by atoms with van der Waals surface area (Å²) in [4.78, 5) is 23.3. The molecule has 7 heteroatoms. The van der Waals surface area contributed by atoms with Crippen LogP contribution in [0.15, 0.2) is 53.5 Å². The highest BCUT2D eigenvalue weighted by atomic mass is 19.4. The summed E-state index contributed by atoms with van der Waals surface area (Å²) in [6.07, 6.45) is -3.30. The minimum absolute atomic E-state index is 0.344. The van der Waals surface area contributed by atoms with Crippen LogP contribution in [0, 0.1) is 0 Å². The number of amides is 1. The number of carbonyl (C=O) groups excluding carboxylic acids is 1. The lowest BCUT2D eigenvalue weighted by Crippen LogP contribution is -2.33. The molecule has 4 nitrogen and oxygen atoms in total. The van der Waals surface area contributed by atoms with Gasteiger partial charge in [0.15, 0.2) is 0 Å². The average Bonchev–Trinajstić information content (AvgIpc) is 2.49. The Morgan fingerprint density at radius 2 is 1.78 bits per heavy atom. The zero-order chi connectivity index (χ0) is 16.9. The predicted octanol–water partition coefficient (Wildman–Crippen LogP) is 2.23. The molecule has 2 aromatic rings. The molecule has 0 spiro atoms. The fourth-order valence-corrected chi connectivity index (χ4v) is 2.02. The van der Waals surface area contributed by atoms with Gasteiger partial charge in [0, 0.05) is 18.8 Å². The van der Waals surface area contributed by atoms with E-state index in [9.17, 15) is 22.8 Å². The van der Waals surface area contributed by atoms with E-state index in [1.807, 2.05) is 30.3 Å². The monoisotopic (exact) mass is 324 g/mol. The van der Waals surface area contributed by atoms with E-state index in [1.165, 1.54) is 0 Å². The summed E-state index contributed by atoms with van der Waals surface area (Å²) in [6.45, 7) is -0.103. The van der Waals surface area contributed by atoms with Crippen molar-refractivity contribution in [1.29, 1.82) is 0 Å². The van der Waals surface area contributed by atoms with Gasteiger partial charge < -0.3 is 9.88 Å². The summed E-state index contributed by atoms with van der Waals surface area (Å²) in [5.74, 6) is -0.512. The third kappa shape index (κ3) is 4.98. The van der Waals surface area contributed by atoms with Gasteiger partial charge in [0.25, 0.3) is 5.56 Å². The maximum atomic E-state index is 12.6. The number of pyridine rings is 1. The molecule has 1 aromatic carbocycles. The number of rotatable bonds is 5. The molecule has 0 saturated carbocycles. The molecule has 0 unspecified atom stereocenters. The van der Waals surface area contributed by atoms with E-state index in [2.05, 4.69) is 5.32 Å². The van der Waals surface area contributed by atoms with E-state index < -0.39 is 29.8 Å². The quantitative estimate of drug-likeness (QED) is 0.917. The van der Waals surface area contributed by atoms with Crippen LogP contribution in [0.3, 0.4) is 0 Å². The molecule has 1 amide bonds. The van der Waals surface area contributed by atoms with Crippen LogP contribution in [0.4, 0.5) is 13.2 Å². The van der Waals surface area contributed by atoms with Crippen LogP contribution in [-0.2, 0) is 23.9 Å². The molecule has 122 valence electrons. The van der Waals surface area contributed by atoms with Crippen LogP contribution in [0.5, 0.6) is 0 Å². The van der Waals surface area contributed by atoms with Gasteiger partial charge in [0.2, 0.25) is 5.91 Å². The maximum absolute atomic E-state index is 12.6. The van der Waals surface area contributed by atoms with Gasteiger partial charge in [0.1, 0.15) is 6.54 Å². The van der Waals surface area contributed by atoms with Gasteiger partial charge in [-0.3, -0.25) is 9.59 Å². The Hall–Kier alpha value is -2.57. The van der Waals surface area contributed by atoms with Crippen LogP contribution < -0.4 is 10.9 Å². The Morgan fingerprint density at radius 1 is 1.09 bits per heavy atom. The molecule has 0 aliphatic carbocycles. The number of hydrogen-bond donors (Lipinski definition) is 1. The minimum atomic E-state index is -4.56. The Kier molecular flexibility index (Phi) is 5.20. The van der Waals surface area contributed by atoms with E-state index in [0.29, 0.717) is 25.2 Å². The first-order chi connectivity index (χ1) is 10.9. The second-order valence-corrected chi connectivity index (χ2v) is 4.97. The predicted molar refractivity (Wildman–Crippen MR) is 78.9 cm³/mol. The molecule has 1 aromatic heterocycles. The first kappa shape index (κ1) is 16.8. The normalized spacial score (nSPS) is 11.3. The number of benzene rings is 1. The molecule has 0 saturated heterocycles. The van der Waals surface area contributed by atoms with E-state index in [4.69, 9.17) is 0 Å². The van der Waals surface area contributed by atoms with Gasteiger partial charge in [-0.05, 0) is 18.1 Å². The summed E-state index contributed by atoms with van der Waals surface area (Å²) in [6, 6.07) is 10.9. The number of halogens is 3. The van der Waals surface area contributed by atoms with E-state index in [0.717, 1.165) is 16.2 Å². The number of aromatic nitrogens is 1. The van der Waals surface area contributed by atoms with Crippen molar-refractivity contribution in [2.24, 2.45) is 0 Å². The highest BCUT2D eigenvalue weighted by Crippen LogP contribution is 2.27. The summed E-state index contributed by atoms with van der Waals surface area (Å²) in [5, 5.41) is 2.59. The Morgan fingerprint density at radius 3 is 2.43 bits per heavy atom. The Balaban J connectivity index is 1.94. The van der Waals surface area contributed by atoms with Crippen molar-refractivity contribution >= 4 is 5.91 Å². The van der Waals surface area contributed by atoms with Crippen LogP contribution in [0.2, 0.25) is 0 Å². The van der Waals surface area contributed by atoms with E-state index in [-0.39, 0.29) is 0 Å². The Labute approximate surface area is 130 Å². The van der Waals surface area contributed by atoms with Crippen LogP contribution in [0.1, 0.15) is 11.1 Å². The molecule has 2 rings (SSSR count). The molecule has 1 heterocycles. The molecular formula is C16H15F3N2O2. The van der Waals surface area contributed by atoms with Gasteiger partial charge in [0.05, 0.1) is 5.56 Å². The van der Waals surface area contributed by atoms with Crippen molar-refractivity contribution in [1.82, 2.24) is 9.88 Å². The number of nitrogens with one attached hydrogen (secondary N) is 1. The molecule has 0 bridgehead atoms. The van der Waals surface area contributed by atoms with Crippen molar-refractivity contribution in [2.45, 2.75) is 19.1 Å². The molecule has 0 radical (unpaired) electrons. The SMILES string of the molecule is O=C(Cn1cc(C(F)(F)F)ccc1=O)NCCc1ccccc1. The van der Waals surface area contributed by atoms with Crippen LogP contribution >= 0.6 is 0 Å². The van der Waals surface area contributed by atoms with Gasteiger partial charge in [-0.2, -0.15) is 13.2 Å². The highest BCUT2D eigenvalue weighted by Gasteiger charge is 2.31. The molecule has 0 fully saturated rings. The van der Waals surface area contributed by atoms with Crippen molar-refractivity contribution in [3.63, 3.8) is 0 Å². The largest absolute Gasteiger partial charge is 0.417 e. The summed E-state index contributed by atoms with van der Waals surface area (Å²) in [7, 11) is 0. The molecule has 1 N–H and O–H groups in total. The smallest absolute Gasteiger partial charge is 0.354 e. The van der Waals surface area contributed by atoms with Crippen LogP contribution in [0.25, 0.3) is 0 Å². The van der Waals surface area contributed by atoms with Crippen LogP contribution in [-0.4, -0.2) is 17.0 Å². The standard InChI is InChI=1S/C16H15F3N2O2/c17-16(18,19)13-6-7-15(23)21(10-13)11-14(22)20-9-8-12-4-2-1-3-5-12/h1-7,10H,8-9,11H2,(H,20,22). The maximum Gasteiger partial charge on any atom is 0.417 e. The number of alkyl halides is 3. The third-order valence-electron chi connectivity index (χ3n) is 3.20. The fraction of sp³-hybridized carbons (Fsp3) is 0.250. The minimum Gasteiger partial charge on any atom is -0.354 e. The van der Waals surface area contributed by atoms with Crippen molar-refractivity contribution in [2.75, 3.05) is 6.54 Å². The topological polar surface area (TPSA) is 51.1 Å². The fourth-order valence-electron chi connectivity index (χ4n) is 2.02. The van der Waals surface area contributed by atoms with Gasteiger partial charge in [-0.25, -0.2) is 0 Å². The molecule has 0 aliphatic rings. The summed E-state index contributed by atoms with van der Waals surface area (Å²) in [5.41, 5.74) is -0.588. The average molecular weight is 324 g/mol. The van der Waals surface area contributed by atoms with Crippen molar-refractivity contribution < 1.29 is 18.0 Å². The zero-order valence-corrected chi connectivity index (χ0v) is 12.1. The lowest BCUT2D eigenvalue weighted by Gasteiger charge is -2.11. The molecular weight excluding hydrogens is 309 g/mol. The van der Waals surface area contributed by atoms with Crippen molar-refractivity contribution in [3.8, 4) is 0 Å². The van der Waals surface area contributed by atoms with Gasteiger partial charge in [-0.15, -0.1) is 0 Å². The lowest BCUT2D eigenvalue weighted by atomic mass is 10.1. The van der Waals surface area contributed by atoms with Crippen molar-refractivity contribution in [3.05, 3.63) is 70.1 Å². The van der Waals surface area contributed by atoms with Gasteiger partial charge in [-0.1, -0.05) is 30.3 Å². The number of hydrogen-bond acceptors (Lipinski definition) is 2. The van der Waals surface area contributed by atoms with Gasteiger partial charge >= 0.3 is 6.18 Å². The molecule has 0 atom stereocenters. The second-order valence-electron chi connectivity index (χ2n) is 4.97.